The zero-order valence-corrected chi connectivity index (χ0v) is 14.6. The van der Waals surface area contributed by atoms with Gasteiger partial charge in [0.1, 0.15) is 5.82 Å². The lowest BCUT2D eigenvalue weighted by atomic mass is 10.2. The largest absolute Gasteiger partial charge is 0.379 e. The van der Waals surface area contributed by atoms with E-state index in [0.29, 0.717) is 18.3 Å². The second-order valence-corrected chi connectivity index (χ2v) is 7.00. The first kappa shape index (κ1) is 16.9. The summed E-state index contributed by atoms with van der Waals surface area (Å²) in [5.41, 5.74) is 6.03. The van der Waals surface area contributed by atoms with E-state index in [2.05, 4.69) is 39.2 Å². The van der Waals surface area contributed by atoms with Crippen molar-refractivity contribution in [2.24, 2.45) is 10.7 Å². The maximum absolute atomic E-state index is 6.03. The summed E-state index contributed by atoms with van der Waals surface area (Å²) in [5, 5.41) is 3.03. The molecular formula is C17H23N5OS. The molecule has 0 aromatic carbocycles. The monoisotopic (exact) mass is 345 g/mol. The number of anilines is 1. The van der Waals surface area contributed by atoms with Crippen LogP contribution in [0.15, 0.2) is 41.5 Å². The fourth-order valence-corrected chi connectivity index (χ4v) is 3.70. The summed E-state index contributed by atoms with van der Waals surface area (Å²) in [4.78, 5) is 13.8. The smallest absolute Gasteiger partial charge is 0.194 e. The van der Waals surface area contributed by atoms with Gasteiger partial charge in [0.15, 0.2) is 5.96 Å². The van der Waals surface area contributed by atoms with E-state index in [-0.39, 0.29) is 6.04 Å². The molecule has 3 rings (SSSR count). The third kappa shape index (κ3) is 4.53. The van der Waals surface area contributed by atoms with Crippen molar-refractivity contribution in [3.8, 4) is 0 Å². The number of nitrogens with one attached hydrogen (secondary N) is 1. The van der Waals surface area contributed by atoms with Gasteiger partial charge >= 0.3 is 0 Å². The number of morpholine rings is 1. The first-order chi connectivity index (χ1) is 11.7. The van der Waals surface area contributed by atoms with Crippen LogP contribution >= 0.6 is 11.3 Å². The van der Waals surface area contributed by atoms with Crippen molar-refractivity contribution in [1.29, 1.82) is 0 Å². The number of thiophene rings is 1. The lowest BCUT2D eigenvalue weighted by molar-refractivity contribution is 0.0187. The highest BCUT2D eigenvalue weighted by atomic mass is 32.1. The third-order valence-electron chi connectivity index (χ3n) is 3.93. The van der Waals surface area contributed by atoms with Gasteiger partial charge in [-0.05, 0) is 31.2 Å². The molecule has 1 atom stereocenters. The van der Waals surface area contributed by atoms with Crippen LogP contribution in [0.1, 0.15) is 15.8 Å². The van der Waals surface area contributed by atoms with E-state index in [1.807, 2.05) is 29.5 Å². The number of hydrogen-bond donors (Lipinski definition) is 2. The van der Waals surface area contributed by atoms with Crippen LogP contribution in [0.5, 0.6) is 0 Å². The standard InChI is InChI=1S/C17H23N5OS/c1-13-5-6-15(24-13)14(22-8-10-23-11-9-22)12-20-17(18)21-16-4-2-3-7-19-16/h2-7,14H,8-12H2,1H3,(H3,18,19,20,21). The molecule has 1 fully saturated rings. The summed E-state index contributed by atoms with van der Waals surface area (Å²) in [6.07, 6.45) is 1.72. The lowest BCUT2D eigenvalue weighted by Crippen LogP contribution is -2.40. The molecule has 7 heteroatoms. The Morgan fingerprint density at radius 1 is 1.38 bits per heavy atom. The number of rotatable bonds is 5. The predicted molar refractivity (Wildman–Crippen MR) is 98.5 cm³/mol. The molecule has 2 aromatic heterocycles. The van der Waals surface area contributed by atoms with E-state index in [1.165, 1.54) is 9.75 Å². The molecule has 24 heavy (non-hydrogen) atoms. The second-order valence-electron chi connectivity index (χ2n) is 5.68. The molecular weight excluding hydrogens is 322 g/mol. The summed E-state index contributed by atoms with van der Waals surface area (Å²) < 4.78 is 5.48. The van der Waals surface area contributed by atoms with Crippen LogP contribution < -0.4 is 11.1 Å². The Labute approximate surface area is 146 Å². The van der Waals surface area contributed by atoms with Crippen molar-refractivity contribution < 1.29 is 4.74 Å². The zero-order valence-electron chi connectivity index (χ0n) is 13.8. The van der Waals surface area contributed by atoms with Crippen molar-refractivity contribution in [1.82, 2.24) is 9.88 Å². The molecule has 0 aliphatic carbocycles. The first-order valence-electron chi connectivity index (χ1n) is 8.08. The number of guanidine groups is 1. The van der Waals surface area contributed by atoms with Gasteiger partial charge in [0.2, 0.25) is 0 Å². The molecule has 1 unspecified atom stereocenters. The highest BCUT2D eigenvalue weighted by molar-refractivity contribution is 7.12. The molecule has 1 aliphatic heterocycles. The van der Waals surface area contributed by atoms with E-state index >= 15 is 0 Å². The number of hydrogen-bond acceptors (Lipinski definition) is 5. The molecule has 6 nitrogen and oxygen atoms in total. The molecule has 1 aliphatic rings. The molecule has 0 spiro atoms. The van der Waals surface area contributed by atoms with Gasteiger partial charge in [-0.1, -0.05) is 6.07 Å². The Morgan fingerprint density at radius 2 is 2.21 bits per heavy atom. The summed E-state index contributed by atoms with van der Waals surface area (Å²) in [7, 11) is 0. The molecule has 0 bridgehead atoms. The number of pyridine rings is 1. The van der Waals surface area contributed by atoms with Gasteiger partial charge in [0, 0.05) is 29.0 Å². The molecule has 0 radical (unpaired) electrons. The maximum Gasteiger partial charge on any atom is 0.194 e. The minimum atomic E-state index is 0.233. The number of aliphatic imine (C=N–C) groups is 1. The average Bonchev–Trinajstić information content (AvgIpc) is 3.03. The van der Waals surface area contributed by atoms with Crippen LogP contribution in [0.4, 0.5) is 5.82 Å². The van der Waals surface area contributed by atoms with Crippen LogP contribution in [-0.4, -0.2) is 48.7 Å². The summed E-state index contributed by atoms with van der Waals surface area (Å²) >= 11 is 1.82. The van der Waals surface area contributed by atoms with E-state index in [1.54, 1.807) is 6.20 Å². The molecule has 3 N–H and O–H groups in total. The molecule has 128 valence electrons. The average molecular weight is 345 g/mol. The van der Waals surface area contributed by atoms with Gasteiger partial charge < -0.3 is 15.8 Å². The third-order valence-corrected chi connectivity index (χ3v) is 5.03. The van der Waals surface area contributed by atoms with Crippen LogP contribution in [0.3, 0.4) is 0 Å². The van der Waals surface area contributed by atoms with Crippen molar-refractivity contribution in [3.63, 3.8) is 0 Å². The topological polar surface area (TPSA) is 75.8 Å². The van der Waals surface area contributed by atoms with Gasteiger partial charge in [0.25, 0.3) is 0 Å². The van der Waals surface area contributed by atoms with Crippen LogP contribution in [0, 0.1) is 6.92 Å². The lowest BCUT2D eigenvalue weighted by Gasteiger charge is -2.33. The van der Waals surface area contributed by atoms with Gasteiger partial charge in [-0.15, -0.1) is 11.3 Å². The number of aromatic nitrogens is 1. The van der Waals surface area contributed by atoms with E-state index in [0.717, 1.165) is 26.3 Å². The number of aryl methyl sites for hydroxylation is 1. The predicted octanol–water partition coefficient (Wildman–Crippen LogP) is 2.25. The van der Waals surface area contributed by atoms with Crippen molar-refractivity contribution >= 4 is 23.1 Å². The summed E-state index contributed by atoms with van der Waals surface area (Å²) in [6, 6.07) is 10.2. The first-order valence-corrected chi connectivity index (χ1v) is 8.90. The van der Waals surface area contributed by atoms with E-state index in [4.69, 9.17) is 10.5 Å². The molecule has 1 saturated heterocycles. The molecule has 0 saturated carbocycles. The number of nitrogens with zero attached hydrogens (tertiary/aromatic N) is 3. The Morgan fingerprint density at radius 3 is 2.88 bits per heavy atom. The molecule has 0 amide bonds. The van der Waals surface area contributed by atoms with Crippen LogP contribution in [0.2, 0.25) is 0 Å². The van der Waals surface area contributed by atoms with Crippen LogP contribution in [-0.2, 0) is 4.74 Å². The zero-order chi connectivity index (χ0) is 16.8. The molecule has 2 aromatic rings. The minimum Gasteiger partial charge on any atom is -0.379 e. The van der Waals surface area contributed by atoms with Crippen molar-refractivity contribution in [3.05, 3.63) is 46.3 Å². The second kappa shape index (κ2) is 8.23. The highest BCUT2D eigenvalue weighted by Gasteiger charge is 2.23. The van der Waals surface area contributed by atoms with Gasteiger partial charge in [-0.3, -0.25) is 9.89 Å². The van der Waals surface area contributed by atoms with E-state index in [9.17, 15) is 0 Å². The Balaban J connectivity index is 1.70. The quantitative estimate of drug-likeness (QED) is 0.642. The van der Waals surface area contributed by atoms with Crippen molar-refractivity contribution in [2.45, 2.75) is 13.0 Å². The van der Waals surface area contributed by atoms with Gasteiger partial charge in [-0.2, -0.15) is 0 Å². The fraction of sp³-hybridized carbons (Fsp3) is 0.412. The highest BCUT2D eigenvalue weighted by Crippen LogP contribution is 2.28. The van der Waals surface area contributed by atoms with Gasteiger partial charge in [0.05, 0.1) is 25.8 Å². The summed E-state index contributed by atoms with van der Waals surface area (Å²) in [6.45, 7) is 6.13. The Hall–Kier alpha value is -1.96. The normalized spacial score (nSPS) is 17.6. The number of nitrogens with two attached hydrogens (primary N) is 1. The summed E-state index contributed by atoms with van der Waals surface area (Å²) in [5.74, 6) is 1.09. The SMILES string of the molecule is Cc1ccc(C(CN=C(N)Nc2ccccn2)N2CCOCC2)s1. The number of ether oxygens (including phenoxy) is 1. The molecule has 3 heterocycles. The Bertz CT molecular complexity index is 667. The van der Waals surface area contributed by atoms with Crippen molar-refractivity contribution in [2.75, 3.05) is 38.2 Å². The van der Waals surface area contributed by atoms with Crippen LogP contribution in [0.25, 0.3) is 0 Å². The van der Waals surface area contributed by atoms with E-state index < -0.39 is 0 Å². The Kier molecular flexibility index (Phi) is 5.79. The fourth-order valence-electron chi connectivity index (χ4n) is 2.70. The maximum atomic E-state index is 6.03. The van der Waals surface area contributed by atoms with Gasteiger partial charge in [-0.25, -0.2) is 4.98 Å². The minimum absolute atomic E-state index is 0.233.